The zero-order chi connectivity index (χ0) is 8.97. The minimum absolute atomic E-state index is 0.102. The monoisotopic (exact) mass is 172 g/mol. The molecule has 0 spiro atoms. The Morgan fingerprint density at radius 2 is 2.58 bits per heavy atom. The van der Waals surface area contributed by atoms with Crippen LogP contribution in [-0.2, 0) is 14.3 Å². The Morgan fingerprint density at radius 1 is 1.83 bits per heavy atom. The standard InChI is InChI=1S/C7H12N2O3/c1-3-11-7(10)4-6-9-8-5(2)12-6/h5,8H,3-4H2,1-2H3. The van der Waals surface area contributed by atoms with Crippen LogP contribution in [0.4, 0.5) is 0 Å². The molecule has 1 rings (SSSR count). The van der Waals surface area contributed by atoms with Crippen molar-refractivity contribution in [3.8, 4) is 0 Å². The zero-order valence-electron chi connectivity index (χ0n) is 7.16. The Bertz CT molecular complexity index is 203. The summed E-state index contributed by atoms with van der Waals surface area (Å²) in [6.07, 6.45) is -0.0417. The predicted octanol–water partition coefficient (Wildman–Crippen LogP) is 0.219. The molecule has 0 aromatic carbocycles. The van der Waals surface area contributed by atoms with Crippen LogP contribution < -0.4 is 5.43 Å². The van der Waals surface area contributed by atoms with E-state index >= 15 is 0 Å². The van der Waals surface area contributed by atoms with Gasteiger partial charge in [0.15, 0.2) is 6.23 Å². The SMILES string of the molecule is CCOC(=O)CC1=NNC(C)O1. The molecule has 0 aromatic rings. The number of ether oxygens (including phenoxy) is 2. The molecule has 0 saturated heterocycles. The van der Waals surface area contributed by atoms with Crippen LogP contribution in [0.3, 0.4) is 0 Å². The van der Waals surface area contributed by atoms with Crippen LogP contribution in [0.25, 0.3) is 0 Å². The Labute approximate surface area is 70.7 Å². The van der Waals surface area contributed by atoms with Gasteiger partial charge in [0.25, 0.3) is 0 Å². The molecule has 1 aliphatic rings. The second-order valence-electron chi connectivity index (χ2n) is 2.38. The third-order valence-corrected chi connectivity index (χ3v) is 1.28. The van der Waals surface area contributed by atoms with Crippen molar-refractivity contribution in [2.75, 3.05) is 6.61 Å². The van der Waals surface area contributed by atoms with E-state index in [0.29, 0.717) is 12.5 Å². The molecule has 0 amide bonds. The number of hydrogen-bond acceptors (Lipinski definition) is 5. The van der Waals surface area contributed by atoms with E-state index in [1.165, 1.54) is 0 Å². The molecule has 12 heavy (non-hydrogen) atoms. The van der Waals surface area contributed by atoms with Gasteiger partial charge in [-0.3, -0.25) is 10.2 Å². The topological polar surface area (TPSA) is 59.9 Å². The highest BCUT2D eigenvalue weighted by molar-refractivity contribution is 5.94. The van der Waals surface area contributed by atoms with Crippen LogP contribution in [0.5, 0.6) is 0 Å². The lowest BCUT2D eigenvalue weighted by Crippen LogP contribution is -2.17. The van der Waals surface area contributed by atoms with E-state index in [1.54, 1.807) is 6.92 Å². The van der Waals surface area contributed by atoms with Crippen LogP contribution in [0, 0.1) is 0 Å². The van der Waals surface area contributed by atoms with Crippen LogP contribution in [0.15, 0.2) is 5.10 Å². The number of esters is 1. The van der Waals surface area contributed by atoms with Crippen LogP contribution >= 0.6 is 0 Å². The molecule has 68 valence electrons. The summed E-state index contributed by atoms with van der Waals surface area (Å²) in [5.41, 5.74) is 2.67. The molecule has 1 unspecified atom stereocenters. The average molecular weight is 172 g/mol. The van der Waals surface area contributed by atoms with Crippen LogP contribution in [0.1, 0.15) is 20.3 Å². The van der Waals surface area contributed by atoms with Gasteiger partial charge in [-0.25, -0.2) is 0 Å². The van der Waals surface area contributed by atoms with E-state index < -0.39 is 0 Å². The highest BCUT2D eigenvalue weighted by Crippen LogP contribution is 2.02. The molecule has 1 N–H and O–H groups in total. The summed E-state index contributed by atoms with van der Waals surface area (Å²) in [6, 6.07) is 0. The van der Waals surface area contributed by atoms with Crippen molar-refractivity contribution in [1.29, 1.82) is 0 Å². The third-order valence-electron chi connectivity index (χ3n) is 1.28. The van der Waals surface area contributed by atoms with Crippen LogP contribution in [0.2, 0.25) is 0 Å². The second kappa shape index (κ2) is 3.94. The summed E-state index contributed by atoms with van der Waals surface area (Å²) < 4.78 is 9.83. The normalized spacial score (nSPS) is 20.8. The minimum Gasteiger partial charge on any atom is -0.466 e. The lowest BCUT2D eigenvalue weighted by Gasteiger charge is -2.03. The Morgan fingerprint density at radius 3 is 3.08 bits per heavy atom. The van der Waals surface area contributed by atoms with Crippen molar-refractivity contribution >= 4 is 11.9 Å². The van der Waals surface area contributed by atoms with Gasteiger partial charge in [-0.15, -0.1) is 5.10 Å². The Balaban J connectivity index is 2.27. The van der Waals surface area contributed by atoms with Gasteiger partial charge < -0.3 is 9.47 Å². The summed E-state index contributed by atoms with van der Waals surface area (Å²) in [5, 5.41) is 3.78. The Hall–Kier alpha value is -1.26. The van der Waals surface area contributed by atoms with Gasteiger partial charge in [-0.05, 0) is 13.8 Å². The summed E-state index contributed by atoms with van der Waals surface area (Å²) in [4.78, 5) is 10.9. The lowest BCUT2D eigenvalue weighted by atomic mass is 10.4. The van der Waals surface area contributed by atoms with Gasteiger partial charge in [0.1, 0.15) is 6.42 Å². The molecule has 5 heteroatoms. The summed E-state index contributed by atoms with van der Waals surface area (Å²) in [5.74, 6) is 0.0769. The molecule has 0 saturated carbocycles. The second-order valence-corrected chi connectivity index (χ2v) is 2.38. The fourth-order valence-corrected chi connectivity index (χ4v) is 0.836. The number of carbonyl (C=O) groups excluding carboxylic acids is 1. The fourth-order valence-electron chi connectivity index (χ4n) is 0.836. The molecule has 0 aromatic heterocycles. The number of hydrogen-bond donors (Lipinski definition) is 1. The molecule has 0 bridgehead atoms. The van der Waals surface area contributed by atoms with E-state index in [9.17, 15) is 4.79 Å². The highest BCUT2D eigenvalue weighted by atomic mass is 16.5. The van der Waals surface area contributed by atoms with Crippen LogP contribution in [-0.4, -0.2) is 24.7 Å². The molecule has 1 aliphatic heterocycles. The molecular formula is C7H12N2O3. The van der Waals surface area contributed by atoms with Crippen molar-refractivity contribution in [3.63, 3.8) is 0 Å². The lowest BCUT2D eigenvalue weighted by molar-refractivity contribution is -0.141. The van der Waals surface area contributed by atoms with Gasteiger partial charge in [-0.2, -0.15) is 0 Å². The van der Waals surface area contributed by atoms with Gasteiger partial charge in [-0.1, -0.05) is 0 Å². The quantitative estimate of drug-likeness (QED) is 0.618. The number of hydrazone groups is 1. The first-order chi connectivity index (χ1) is 5.72. The average Bonchev–Trinajstić information content (AvgIpc) is 2.36. The number of nitrogens with zero attached hydrogens (tertiary/aromatic N) is 1. The summed E-state index contributed by atoms with van der Waals surface area (Å²) in [7, 11) is 0. The molecular weight excluding hydrogens is 160 g/mol. The summed E-state index contributed by atoms with van der Waals surface area (Å²) >= 11 is 0. The van der Waals surface area contributed by atoms with Crippen molar-refractivity contribution in [1.82, 2.24) is 5.43 Å². The van der Waals surface area contributed by atoms with Gasteiger partial charge >= 0.3 is 5.97 Å². The first-order valence-electron chi connectivity index (χ1n) is 3.86. The maximum atomic E-state index is 10.9. The van der Waals surface area contributed by atoms with Gasteiger partial charge in [0.2, 0.25) is 5.90 Å². The maximum Gasteiger partial charge on any atom is 0.315 e. The molecule has 0 fully saturated rings. The van der Waals surface area contributed by atoms with E-state index in [1.807, 2.05) is 6.92 Å². The van der Waals surface area contributed by atoms with Crippen molar-refractivity contribution in [3.05, 3.63) is 0 Å². The van der Waals surface area contributed by atoms with Crippen molar-refractivity contribution in [2.24, 2.45) is 5.10 Å². The van der Waals surface area contributed by atoms with Gasteiger partial charge in [0, 0.05) is 0 Å². The zero-order valence-corrected chi connectivity index (χ0v) is 7.16. The predicted molar refractivity (Wildman–Crippen MR) is 42.4 cm³/mol. The maximum absolute atomic E-state index is 10.9. The number of carbonyl (C=O) groups is 1. The van der Waals surface area contributed by atoms with Crippen molar-refractivity contribution < 1.29 is 14.3 Å². The smallest absolute Gasteiger partial charge is 0.315 e. The summed E-state index contributed by atoms with van der Waals surface area (Å²) in [6.45, 7) is 3.95. The van der Waals surface area contributed by atoms with E-state index in [2.05, 4.69) is 10.5 Å². The van der Waals surface area contributed by atoms with Gasteiger partial charge in [0.05, 0.1) is 6.61 Å². The Kier molecular flexibility index (Phi) is 2.90. The fraction of sp³-hybridized carbons (Fsp3) is 0.714. The molecule has 1 heterocycles. The minimum atomic E-state index is -0.313. The first kappa shape index (κ1) is 8.83. The first-order valence-corrected chi connectivity index (χ1v) is 3.86. The number of rotatable bonds is 3. The molecule has 5 nitrogen and oxygen atoms in total. The van der Waals surface area contributed by atoms with E-state index in [4.69, 9.17) is 9.47 Å². The molecule has 0 aliphatic carbocycles. The molecule has 1 atom stereocenters. The van der Waals surface area contributed by atoms with E-state index in [0.717, 1.165) is 0 Å². The van der Waals surface area contributed by atoms with E-state index in [-0.39, 0.29) is 18.6 Å². The molecule has 0 radical (unpaired) electrons. The van der Waals surface area contributed by atoms with Crippen molar-refractivity contribution in [2.45, 2.75) is 26.5 Å². The highest BCUT2D eigenvalue weighted by Gasteiger charge is 2.17. The number of nitrogens with one attached hydrogen (secondary N) is 1. The third kappa shape index (κ3) is 2.41. The largest absolute Gasteiger partial charge is 0.466 e.